The lowest BCUT2D eigenvalue weighted by Crippen LogP contribution is -2.37. The van der Waals surface area contributed by atoms with E-state index in [2.05, 4.69) is 28.6 Å². The van der Waals surface area contributed by atoms with Crippen molar-refractivity contribution in [2.45, 2.75) is 19.8 Å². The molecule has 0 saturated carbocycles. The van der Waals surface area contributed by atoms with Crippen molar-refractivity contribution in [1.82, 2.24) is 5.01 Å². The van der Waals surface area contributed by atoms with Gasteiger partial charge in [-0.25, -0.2) is 5.01 Å². The number of β-amino-alcohol motifs (C(OH)–C–C–N with tert-alkyl or cyclic N) is 1. The van der Waals surface area contributed by atoms with E-state index in [1.807, 2.05) is 6.92 Å². The third-order valence-electron chi connectivity index (χ3n) is 3.89. The van der Waals surface area contributed by atoms with E-state index in [1.165, 1.54) is 16.3 Å². The van der Waals surface area contributed by atoms with E-state index < -0.39 is 0 Å². The van der Waals surface area contributed by atoms with Gasteiger partial charge in [0.2, 0.25) is 5.91 Å². The molecule has 5 heteroatoms. The maximum absolute atomic E-state index is 11.9. The Labute approximate surface area is 118 Å². The summed E-state index contributed by atoms with van der Waals surface area (Å²) in [4.78, 5) is 11.9. The van der Waals surface area contributed by atoms with Crippen molar-refractivity contribution in [2.75, 3.05) is 25.0 Å². The lowest BCUT2D eigenvalue weighted by Gasteiger charge is -2.27. The van der Waals surface area contributed by atoms with Crippen molar-refractivity contribution in [3.63, 3.8) is 0 Å². The van der Waals surface area contributed by atoms with E-state index in [-0.39, 0.29) is 25.0 Å². The second-order valence-electron chi connectivity index (χ2n) is 5.38. The Bertz CT molecular complexity index is 568. The van der Waals surface area contributed by atoms with Crippen LogP contribution in [0.5, 0.6) is 0 Å². The minimum Gasteiger partial charge on any atom is -0.394 e. The number of amides is 1. The molecular formula is C15H19N3O2. The second-order valence-corrected chi connectivity index (χ2v) is 5.38. The van der Waals surface area contributed by atoms with E-state index in [1.54, 1.807) is 0 Å². The molecular weight excluding hydrogens is 254 g/mol. The van der Waals surface area contributed by atoms with Crippen molar-refractivity contribution >= 4 is 17.3 Å². The SMILES string of the molecule is CC1CC(=O)N(CCO)N=C1c1ccc2c(c1)CCN2. The van der Waals surface area contributed by atoms with Crippen LogP contribution in [0.25, 0.3) is 0 Å². The van der Waals surface area contributed by atoms with Gasteiger partial charge in [0.15, 0.2) is 0 Å². The molecule has 1 aromatic rings. The summed E-state index contributed by atoms with van der Waals surface area (Å²) >= 11 is 0. The summed E-state index contributed by atoms with van der Waals surface area (Å²) in [6.07, 6.45) is 1.48. The van der Waals surface area contributed by atoms with Gasteiger partial charge in [0, 0.05) is 24.6 Å². The quantitative estimate of drug-likeness (QED) is 0.870. The van der Waals surface area contributed by atoms with Gasteiger partial charge in [-0.15, -0.1) is 0 Å². The van der Waals surface area contributed by atoms with Crippen LogP contribution in [-0.4, -0.2) is 41.4 Å². The van der Waals surface area contributed by atoms with Gasteiger partial charge in [-0.1, -0.05) is 13.0 Å². The summed E-state index contributed by atoms with van der Waals surface area (Å²) in [5.41, 5.74) is 4.52. The zero-order valence-corrected chi connectivity index (χ0v) is 11.6. The van der Waals surface area contributed by atoms with Crippen molar-refractivity contribution in [3.05, 3.63) is 29.3 Å². The van der Waals surface area contributed by atoms with Crippen LogP contribution in [0.3, 0.4) is 0 Å². The largest absolute Gasteiger partial charge is 0.394 e. The van der Waals surface area contributed by atoms with Crippen LogP contribution in [0, 0.1) is 5.92 Å². The van der Waals surface area contributed by atoms with Crippen LogP contribution in [0.1, 0.15) is 24.5 Å². The Kier molecular flexibility index (Phi) is 3.44. The van der Waals surface area contributed by atoms with Gasteiger partial charge < -0.3 is 10.4 Å². The first-order valence-electron chi connectivity index (χ1n) is 7.06. The van der Waals surface area contributed by atoms with Crippen molar-refractivity contribution < 1.29 is 9.90 Å². The van der Waals surface area contributed by atoms with Crippen LogP contribution in [-0.2, 0) is 11.2 Å². The Morgan fingerprint density at radius 2 is 2.35 bits per heavy atom. The fourth-order valence-electron chi connectivity index (χ4n) is 2.82. The number of carbonyl (C=O) groups is 1. The topological polar surface area (TPSA) is 64.9 Å². The number of carbonyl (C=O) groups excluding carboxylic acids is 1. The monoisotopic (exact) mass is 273 g/mol. The van der Waals surface area contributed by atoms with Gasteiger partial charge in [-0.05, 0) is 29.7 Å². The summed E-state index contributed by atoms with van der Waals surface area (Å²) in [5, 5.41) is 18.2. The van der Waals surface area contributed by atoms with Crippen molar-refractivity contribution in [2.24, 2.45) is 11.0 Å². The number of nitrogens with zero attached hydrogens (tertiary/aromatic N) is 2. The van der Waals surface area contributed by atoms with Gasteiger partial charge in [-0.3, -0.25) is 4.79 Å². The molecule has 1 amide bonds. The molecule has 0 aromatic heterocycles. The van der Waals surface area contributed by atoms with E-state index in [4.69, 9.17) is 5.11 Å². The van der Waals surface area contributed by atoms with Crippen molar-refractivity contribution in [3.8, 4) is 0 Å². The molecule has 0 saturated heterocycles. The molecule has 2 N–H and O–H groups in total. The van der Waals surface area contributed by atoms with Gasteiger partial charge in [0.1, 0.15) is 0 Å². The fraction of sp³-hybridized carbons (Fsp3) is 0.467. The van der Waals surface area contributed by atoms with Gasteiger partial charge in [0.05, 0.1) is 18.9 Å². The zero-order valence-electron chi connectivity index (χ0n) is 11.6. The highest BCUT2D eigenvalue weighted by atomic mass is 16.3. The van der Waals surface area contributed by atoms with Crippen LogP contribution in [0.2, 0.25) is 0 Å². The van der Waals surface area contributed by atoms with Gasteiger partial charge >= 0.3 is 0 Å². The molecule has 2 heterocycles. The average molecular weight is 273 g/mol. The molecule has 5 nitrogen and oxygen atoms in total. The Morgan fingerprint density at radius 1 is 1.50 bits per heavy atom. The molecule has 2 aliphatic heterocycles. The third kappa shape index (κ3) is 2.29. The zero-order chi connectivity index (χ0) is 14.1. The number of hydrogen-bond donors (Lipinski definition) is 2. The number of aliphatic hydroxyl groups excluding tert-OH is 1. The van der Waals surface area contributed by atoms with Crippen LogP contribution in [0.15, 0.2) is 23.3 Å². The molecule has 0 bridgehead atoms. The van der Waals surface area contributed by atoms with E-state index in [0.717, 1.165) is 24.2 Å². The molecule has 106 valence electrons. The number of nitrogens with one attached hydrogen (secondary N) is 1. The average Bonchev–Trinajstić information content (AvgIpc) is 2.89. The number of rotatable bonds is 3. The first-order chi connectivity index (χ1) is 9.69. The molecule has 1 unspecified atom stereocenters. The second kappa shape index (κ2) is 5.25. The molecule has 1 aromatic carbocycles. The van der Waals surface area contributed by atoms with E-state index >= 15 is 0 Å². The number of hydrogen-bond acceptors (Lipinski definition) is 4. The Morgan fingerprint density at radius 3 is 3.15 bits per heavy atom. The molecule has 0 aliphatic carbocycles. The molecule has 3 rings (SSSR count). The lowest BCUT2D eigenvalue weighted by molar-refractivity contribution is -0.133. The maximum Gasteiger partial charge on any atom is 0.243 e. The molecule has 0 spiro atoms. The number of fused-ring (bicyclic) bond motifs is 1. The summed E-state index contributed by atoms with van der Waals surface area (Å²) in [6, 6.07) is 6.30. The molecule has 1 atom stereocenters. The Hall–Kier alpha value is -1.88. The fourth-order valence-corrected chi connectivity index (χ4v) is 2.82. The number of benzene rings is 1. The predicted molar refractivity (Wildman–Crippen MR) is 77.8 cm³/mol. The molecule has 20 heavy (non-hydrogen) atoms. The highest BCUT2D eigenvalue weighted by molar-refractivity contribution is 6.06. The lowest BCUT2D eigenvalue weighted by atomic mass is 9.92. The number of hydrazone groups is 1. The first-order valence-corrected chi connectivity index (χ1v) is 7.06. The van der Waals surface area contributed by atoms with Gasteiger partial charge in [0.25, 0.3) is 0 Å². The summed E-state index contributed by atoms with van der Waals surface area (Å²) in [6.45, 7) is 3.21. The first kappa shape index (κ1) is 13.1. The van der Waals surface area contributed by atoms with Crippen molar-refractivity contribution in [1.29, 1.82) is 0 Å². The minimum atomic E-state index is -0.0645. The van der Waals surface area contributed by atoms with Gasteiger partial charge in [-0.2, -0.15) is 5.10 Å². The molecule has 0 radical (unpaired) electrons. The third-order valence-corrected chi connectivity index (χ3v) is 3.89. The highest BCUT2D eigenvalue weighted by Gasteiger charge is 2.27. The Balaban J connectivity index is 1.94. The minimum absolute atomic E-state index is 0.0156. The van der Waals surface area contributed by atoms with E-state index in [9.17, 15) is 4.79 Å². The van der Waals surface area contributed by atoms with E-state index in [0.29, 0.717) is 6.42 Å². The van der Waals surface area contributed by atoms with Crippen LogP contribution < -0.4 is 5.32 Å². The van der Waals surface area contributed by atoms with Crippen LogP contribution in [0.4, 0.5) is 5.69 Å². The standard InChI is InChI=1S/C15H19N3O2/c1-10-8-14(20)18(6-7-19)17-15(10)12-2-3-13-11(9-12)4-5-16-13/h2-3,9-10,16,19H,4-8H2,1H3. The van der Waals surface area contributed by atoms with Crippen LogP contribution >= 0.6 is 0 Å². The highest BCUT2D eigenvalue weighted by Crippen LogP contribution is 2.27. The normalized spacial score (nSPS) is 21.5. The smallest absolute Gasteiger partial charge is 0.243 e. The molecule has 2 aliphatic rings. The summed E-state index contributed by atoms with van der Waals surface area (Å²) in [5.74, 6) is 0.1000. The summed E-state index contributed by atoms with van der Waals surface area (Å²) in [7, 11) is 0. The number of anilines is 1. The number of aliphatic hydroxyl groups is 1. The summed E-state index contributed by atoms with van der Waals surface area (Å²) < 4.78 is 0. The predicted octanol–water partition coefficient (Wildman–Crippen LogP) is 1.22. The maximum atomic E-state index is 11.9. The molecule has 0 fully saturated rings.